The molecule has 2 nitrogen and oxygen atoms in total. The van der Waals surface area contributed by atoms with Crippen molar-refractivity contribution in [3.05, 3.63) is 42.1 Å². The maximum atomic E-state index is 4.34. The highest BCUT2D eigenvalue weighted by atomic mass is 79.9. The number of aryl methyl sites for hydroxylation is 1. The lowest BCUT2D eigenvalue weighted by Gasteiger charge is -1.98. The Morgan fingerprint density at radius 1 is 1.21 bits per heavy atom. The molecule has 0 saturated heterocycles. The van der Waals surface area contributed by atoms with E-state index in [-0.39, 0.29) is 0 Å². The van der Waals surface area contributed by atoms with Gasteiger partial charge in [-0.1, -0.05) is 40.2 Å². The van der Waals surface area contributed by atoms with E-state index in [0.717, 1.165) is 16.6 Å². The molecule has 0 spiro atoms. The summed E-state index contributed by atoms with van der Waals surface area (Å²) in [6.45, 7) is 0. The van der Waals surface area contributed by atoms with Gasteiger partial charge in [-0.25, -0.2) is 0 Å². The zero-order valence-corrected chi connectivity index (χ0v) is 9.53. The molecule has 14 heavy (non-hydrogen) atoms. The average Bonchev–Trinajstić information content (AvgIpc) is 2.65. The predicted octanol–water partition coefficient (Wildman–Crippen LogP) is 2.98. The number of rotatable bonds is 2. The molecule has 0 unspecified atom stereocenters. The minimum absolute atomic E-state index is 0.898. The van der Waals surface area contributed by atoms with Crippen LogP contribution < -0.4 is 0 Å². The first-order valence-electron chi connectivity index (χ1n) is 4.44. The summed E-state index contributed by atoms with van der Waals surface area (Å²) >= 11 is 3.42. The molecule has 2 rings (SSSR count). The zero-order chi connectivity index (χ0) is 9.97. The van der Waals surface area contributed by atoms with Crippen LogP contribution in [0, 0.1) is 0 Å². The van der Waals surface area contributed by atoms with Crippen molar-refractivity contribution in [2.24, 2.45) is 7.05 Å². The summed E-state index contributed by atoms with van der Waals surface area (Å²) < 4.78 is 1.81. The number of nitrogens with zero attached hydrogens (tertiary/aromatic N) is 2. The van der Waals surface area contributed by atoms with Crippen LogP contribution in [0.1, 0.15) is 5.56 Å². The Kier molecular flexibility index (Phi) is 2.68. The second-order valence-electron chi connectivity index (χ2n) is 3.21. The first-order chi connectivity index (χ1) is 6.79. The summed E-state index contributed by atoms with van der Waals surface area (Å²) in [6, 6.07) is 10.4. The maximum absolute atomic E-state index is 4.34. The van der Waals surface area contributed by atoms with Gasteiger partial charge in [0.1, 0.15) is 0 Å². The van der Waals surface area contributed by atoms with Gasteiger partial charge >= 0.3 is 0 Å². The average molecular weight is 251 g/mol. The lowest BCUT2D eigenvalue weighted by Crippen LogP contribution is -1.87. The molecular weight excluding hydrogens is 240 g/mol. The second kappa shape index (κ2) is 3.96. The molecule has 1 aromatic heterocycles. The fourth-order valence-corrected chi connectivity index (χ4v) is 1.71. The quantitative estimate of drug-likeness (QED) is 0.750. The summed E-state index contributed by atoms with van der Waals surface area (Å²) in [6.07, 6.45) is 1.95. The summed E-state index contributed by atoms with van der Waals surface area (Å²) in [5.74, 6) is 0. The highest BCUT2D eigenvalue weighted by molar-refractivity contribution is 9.08. The molecule has 0 atom stereocenters. The third-order valence-electron chi connectivity index (χ3n) is 2.12. The first-order valence-corrected chi connectivity index (χ1v) is 5.56. The molecule has 0 fully saturated rings. The predicted molar refractivity (Wildman–Crippen MR) is 61.3 cm³/mol. The number of benzene rings is 1. The van der Waals surface area contributed by atoms with Crippen LogP contribution in [0.3, 0.4) is 0 Å². The number of hydrogen-bond acceptors (Lipinski definition) is 1. The third-order valence-corrected chi connectivity index (χ3v) is 2.77. The van der Waals surface area contributed by atoms with E-state index in [9.17, 15) is 0 Å². The standard InChI is InChI=1S/C11H11BrN2/c1-14-7-6-11(13-14)10-4-2-9(8-12)3-5-10/h2-7H,8H2,1H3. The van der Waals surface area contributed by atoms with Gasteiger partial charge in [-0.3, -0.25) is 4.68 Å². The van der Waals surface area contributed by atoms with Gasteiger partial charge in [0.15, 0.2) is 0 Å². The normalized spacial score (nSPS) is 10.4. The van der Waals surface area contributed by atoms with Crippen LogP contribution in [0.5, 0.6) is 0 Å². The van der Waals surface area contributed by atoms with Gasteiger partial charge in [-0.05, 0) is 11.6 Å². The van der Waals surface area contributed by atoms with Crippen molar-refractivity contribution < 1.29 is 0 Å². The van der Waals surface area contributed by atoms with Gasteiger partial charge in [0, 0.05) is 24.1 Å². The van der Waals surface area contributed by atoms with Crippen LogP contribution in [0.2, 0.25) is 0 Å². The first kappa shape index (κ1) is 9.46. The van der Waals surface area contributed by atoms with Gasteiger partial charge < -0.3 is 0 Å². The molecular formula is C11H11BrN2. The largest absolute Gasteiger partial charge is 0.275 e. The Morgan fingerprint density at radius 3 is 2.43 bits per heavy atom. The Labute approximate surface area is 91.7 Å². The molecule has 1 aromatic carbocycles. The highest BCUT2D eigenvalue weighted by Gasteiger charge is 1.99. The van der Waals surface area contributed by atoms with Crippen LogP contribution in [0.4, 0.5) is 0 Å². The van der Waals surface area contributed by atoms with Crippen molar-refractivity contribution in [1.82, 2.24) is 9.78 Å². The number of halogens is 1. The fourth-order valence-electron chi connectivity index (χ4n) is 1.33. The van der Waals surface area contributed by atoms with E-state index in [4.69, 9.17) is 0 Å². The SMILES string of the molecule is Cn1ccc(-c2ccc(CBr)cc2)n1. The molecule has 0 radical (unpaired) electrons. The Hall–Kier alpha value is -1.09. The lowest BCUT2D eigenvalue weighted by molar-refractivity contribution is 0.771. The lowest BCUT2D eigenvalue weighted by atomic mass is 10.1. The minimum atomic E-state index is 0.898. The molecule has 0 N–H and O–H groups in total. The van der Waals surface area contributed by atoms with Crippen LogP contribution in [-0.2, 0) is 12.4 Å². The van der Waals surface area contributed by atoms with Gasteiger partial charge in [0.25, 0.3) is 0 Å². The van der Waals surface area contributed by atoms with Crippen molar-refractivity contribution in [2.75, 3.05) is 0 Å². The van der Waals surface area contributed by atoms with Crippen LogP contribution in [0.25, 0.3) is 11.3 Å². The molecule has 1 heterocycles. The molecule has 0 aliphatic heterocycles. The van der Waals surface area contributed by atoms with E-state index in [0.29, 0.717) is 0 Å². The Morgan fingerprint density at radius 2 is 1.93 bits per heavy atom. The van der Waals surface area contributed by atoms with Crippen molar-refractivity contribution in [3.63, 3.8) is 0 Å². The third kappa shape index (κ3) is 1.87. The van der Waals surface area contributed by atoms with E-state index >= 15 is 0 Å². The van der Waals surface area contributed by atoms with Crippen LogP contribution >= 0.6 is 15.9 Å². The van der Waals surface area contributed by atoms with Gasteiger partial charge in [-0.2, -0.15) is 5.10 Å². The second-order valence-corrected chi connectivity index (χ2v) is 3.77. The van der Waals surface area contributed by atoms with Gasteiger partial charge in [0.05, 0.1) is 5.69 Å². The van der Waals surface area contributed by atoms with Crippen molar-refractivity contribution >= 4 is 15.9 Å². The molecule has 3 heteroatoms. The van der Waals surface area contributed by atoms with E-state index < -0.39 is 0 Å². The summed E-state index contributed by atoms with van der Waals surface area (Å²) in [5, 5.41) is 5.24. The van der Waals surface area contributed by atoms with Crippen molar-refractivity contribution in [3.8, 4) is 11.3 Å². The molecule has 2 aromatic rings. The molecule has 0 saturated carbocycles. The molecule has 0 aliphatic carbocycles. The topological polar surface area (TPSA) is 17.8 Å². The van der Waals surface area contributed by atoms with Gasteiger partial charge in [-0.15, -0.1) is 0 Å². The van der Waals surface area contributed by atoms with Crippen LogP contribution in [-0.4, -0.2) is 9.78 Å². The monoisotopic (exact) mass is 250 g/mol. The number of hydrogen-bond donors (Lipinski definition) is 0. The minimum Gasteiger partial charge on any atom is -0.275 e. The van der Waals surface area contributed by atoms with Gasteiger partial charge in [0.2, 0.25) is 0 Å². The molecule has 0 bridgehead atoms. The number of alkyl halides is 1. The van der Waals surface area contributed by atoms with Crippen molar-refractivity contribution in [1.29, 1.82) is 0 Å². The Bertz CT molecular complexity index is 417. The smallest absolute Gasteiger partial charge is 0.0923 e. The van der Waals surface area contributed by atoms with E-state index in [1.165, 1.54) is 5.56 Å². The fraction of sp³-hybridized carbons (Fsp3) is 0.182. The Balaban J connectivity index is 2.33. The van der Waals surface area contributed by atoms with E-state index in [1.54, 1.807) is 0 Å². The molecule has 0 amide bonds. The van der Waals surface area contributed by atoms with E-state index in [2.05, 4.69) is 45.3 Å². The molecule has 0 aliphatic rings. The zero-order valence-electron chi connectivity index (χ0n) is 7.94. The molecule has 72 valence electrons. The summed E-state index contributed by atoms with van der Waals surface area (Å²) in [5.41, 5.74) is 3.47. The van der Waals surface area contributed by atoms with Crippen LogP contribution in [0.15, 0.2) is 36.5 Å². The van der Waals surface area contributed by atoms with E-state index in [1.807, 2.05) is 24.0 Å². The maximum Gasteiger partial charge on any atom is 0.0923 e. The highest BCUT2D eigenvalue weighted by Crippen LogP contribution is 2.18. The number of aromatic nitrogens is 2. The summed E-state index contributed by atoms with van der Waals surface area (Å²) in [7, 11) is 1.93. The summed E-state index contributed by atoms with van der Waals surface area (Å²) in [4.78, 5) is 0. The van der Waals surface area contributed by atoms with Crippen molar-refractivity contribution in [2.45, 2.75) is 5.33 Å².